The standard InChI is InChI=1S/C18H27NO2/c1-3-18(2,19-9-11-21-12-10-19)17(20)16-13-15(16)14-7-5-4-6-8-14/h4-8,15-17,20H,3,9-13H2,1-2H3. The molecule has 1 saturated carbocycles. The molecule has 1 aliphatic heterocycles. The minimum absolute atomic E-state index is 0.127. The molecule has 4 unspecified atom stereocenters. The van der Waals surface area contributed by atoms with E-state index in [1.807, 2.05) is 0 Å². The van der Waals surface area contributed by atoms with Crippen LogP contribution in [0.1, 0.15) is 38.2 Å². The SMILES string of the molecule is CCC(C)(C(O)C1CC1c1ccccc1)N1CCOCC1. The molecule has 2 aliphatic rings. The lowest BCUT2D eigenvalue weighted by Gasteiger charge is -2.46. The number of hydrogen-bond acceptors (Lipinski definition) is 3. The second-order valence-electron chi connectivity index (χ2n) is 6.67. The molecule has 3 heteroatoms. The van der Waals surface area contributed by atoms with Gasteiger partial charge in [-0.2, -0.15) is 0 Å². The largest absolute Gasteiger partial charge is 0.391 e. The maximum absolute atomic E-state index is 11.0. The third-order valence-corrected chi connectivity index (χ3v) is 5.56. The van der Waals surface area contributed by atoms with Crippen LogP contribution in [0.15, 0.2) is 30.3 Å². The van der Waals surface area contributed by atoms with Crippen LogP contribution < -0.4 is 0 Å². The van der Waals surface area contributed by atoms with Crippen molar-refractivity contribution in [1.29, 1.82) is 0 Å². The van der Waals surface area contributed by atoms with Crippen LogP contribution in [0.2, 0.25) is 0 Å². The molecular formula is C18H27NO2. The monoisotopic (exact) mass is 289 g/mol. The Kier molecular flexibility index (Phi) is 4.34. The van der Waals surface area contributed by atoms with E-state index in [1.165, 1.54) is 5.56 Å². The summed E-state index contributed by atoms with van der Waals surface area (Å²) in [7, 11) is 0. The molecule has 1 aromatic rings. The smallest absolute Gasteiger partial charge is 0.0755 e. The first-order chi connectivity index (χ1) is 10.2. The second-order valence-corrected chi connectivity index (χ2v) is 6.67. The van der Waals surface area contributed by atoms with E-state index in [9.17, 15) is 5.11 Å². The van der Waals surface area contributed by atoms with Crippen molar-refractivity contribution in [2.24, 2.45) is 5.92 Å². The van der Waals surface area contributed by atoms with Crippen molar-refractivity contribution in [2.45, 2.75) is 44.2 Å². The summed E-state index contributed by atoms with van der Waals surface area (Å²) in [5.74, 6) is 0.938. The van der Waals surface area contributed by atoms with Crippen LogP contribution in [0.4, 0.5) is 0 Å². The maximum atomic E-state index is 11.0. The fraction of sp³-hybridized carbons (Fsp3) is 0.667. The Bertz CT molecular complexity index is 458. The predicted molar refractivity (Wildman–Crippen MR) is 84.4 cm³/mol. The van der Waals surface area contributed by atoms with Crippen LogP contribution in [0.25, 0.3) is 0 Å². The molecule has 1 saturated heterocycles. The summed E-state index contributed by atoms with van der Waals surface area (Å²) in [6.07, 6.45) is 1.84. The van der Waals surface area contributed by atoms with Gasteiger partial charge in [-0.3, -0.25) is 4.90 Å². The molecule has 2 fully saturated rings. The fourth-order valence-corrected chi connectivity index (χ4v) is 3.80. The fourth-order valence-electron chi connectivity index (χ4n) is 3.80. The number of nitrogens with zero attached hydrogens (tertiary/aromatic N) is 1. The highest BCUT2D eigenvalue weighted by atomic mass is 16.5. The molecule has 1 heterocycles. The molecule has 1 N–H and O–H groups in total. The van der Waals surface area contributed by atoms with Gasteiger partial charge in [0.15, 0.2) is 0 Å². The van der Waals surface area contributed by atoms with Gasteiger partial charge in [0.2, 0.25) is 0 Å². The number of aliphatic hydroxyl groups excluding tert-OH is 1. The molecule has 4 atom stereocenters. The van der Waals surface area contributed by atoms with Crippen molar-refractivity contribution in [3.05, 3.63) is 35.9 Å². The molecule has 3 nitrogen and oxygen atoms in total. The van der Waals surface area contributed by atoms with Gasteiger partial charge in [-0.25, -0.2) is 0 Å². The summed E-state index contributed by atoms with van der Waals surface area (Å²) < 4.78 is 5.46. The zero-order chi connectivity index (χ0) is 14.9. The van der Waals surface area contributed by atoms with Gasteiger partial charge in [-0.05, 0) is 37.2 Å². The molecule has 0 aromatic heterocycles. The van der Waals surface area contributed by atoms with Crippen LogP contribution in [0.5, 0.6) is 0 Å². The van der Waals surface area contributed by atoms with Crippen molar-refractivity contribution >= 4 is 0 Å². The first-order valence-corrected chi connectivity index (χ1v) is 8.22. The normalized spacial score (nSPS) is 30.6. The van der Waals surface area contributed by atoms with E-state index in [1.54, 1.807) is 0 Å². The molecule has 1 aliphatic carbocycles. The molecule has 116 valence electrons. The lowest BCUT2D eigenvalue weighted by Crippen LogP contribution is -2.58. The number of hydrogen-bond donors (Lipinski definition) is 1. The van der Waals surface area contributed by atoms with Crippen LogP contribution in [-0.2, 0) is 4.74 Å². The number of benzene rings is 1. The molecule has 0 amide bonds. The Hall–Kier alpha value is -0.900. The average Bonchev–Trinajstić information content (AvgIpc) is 3.35. The summed E-state index contributed by atoms with van der Waals surface area (Å²) >= 11 is 0. The lowest BCUT2D eigenvalue weighted by atomic mass is 9.85. The van der Waals surface area contributed by atoms with Gasteiger partial charge < -0.3 is 9.84 Å². The van der Waals surface area contributed by atoms with Crippen molar-refractivity contribution in [2.75, 3.05) is 26.3 Å². The summed E-state index contributed by atoms with van der Waals surface area (Å²) in [5.41, 5.74) is 1.25. The summed E-state index contributed by atoms with van der Waals surface area (Å²) in [6.45, 7) is 7.86. The van der Waals surface area contributed by atoms with Gasteiger partial charge in [0.25, 0.3) is 0 Å². The summed E-state index contributed by atoms with van der Waals surface area (Å²) in [6, 6.07) is 10.6. The Morgan fingerprint density at radius 3 is 2.57 bits per heavy atom. The molecule has 0 spiro atoms. The third-order valence-electron chi connectivity index (χ3n) is 5.56. The van der Waals surface area contributed by atoms with Crippen molar-refractivity contribution < 1.29 is 9.84 Å². The highest BCUT2D eigenvalue weighted by molar-refractivity contribution is 5.27. The van der Waals surface area contributed by atoms with E-state index in [0.29, 0.717) is 11.8 Å². The van der Waals surface area contributed by atoms with E-state index in [2.05, 4.69) is 49.1 Å². The molecule has 1 aromatic carbocycles. The number of ether oxygens (including phenoxy) is 1. The van der Waals surface area contributed by atoms with Gasteiger partial charge in [0.1, 0.15) is 0 Å². The lowest BCUT2D eigenvalue weighted by molar-refractivity contribution is -0.0790. The van der Waals surface area contributed by atoms with Crippen LogP contribution in [0, 0.1) is 5.92 Å². The summed E-state index contributed by atoms with van der Waals surface area (Å²) in [4.78, 5) is 2.43. The Morgan fingerprint density at radius 2 is 1.95 bits per heavy atom. The maximum Gasteiger partial charge on any atom is 0.0755 e. The van der Waals surface area contributed by atoms with Gasteiger partial charge in [0.05, 0.1) is 19.3 Å². The van der Waals surface area contributed by atoms with Crippen molar-refractivity contribution in [1.82, 2.24) is 4.90 Å². The van der Waals surface area contributed by atoms with Gasteiger partial charge in [-0.15, -0.1) is 0 Å². The van der Waals surface area contributed by atoms with E-state index >= 15 is 0 Å². The van der Waals surface area contributed by atoms with Crippen LogP contribution in [-0.4, -0.2) is 48.0 Å². The Morgan fingerprint density at radius 1 is 1.29 bits per heavy atom. The topological polar surface area (TPSA) is 32.7 Å². The quantitative estimate of drug-likeness (QED) is 0.904. The van der Waals surface area contributed by atoms with Gasteiger partial charge in [0, 0.05) is 18.6 Å². The second kappa shape index (κ2) is 6.07. The van der Waals surface area contributed by atoms with Crippen LogP contribution >= 0.6 is 0 Å². The minimum atomic E-state index is -0.259. The van der Waals surface area contributed by atoms with Crippen molar-refractivity contribution in [3.63, 3.8) is 0 Å². The van der Waals surface area contributed by atoms with E-state index < -0.39 is 0 Å². The van der Waals surface area contributed by atoms with Crippen molar-refractivity contribution in [3.8, 4) is 0 Å². The third kappa shape index (κ3) is 2.87. The zero-order valence-corrected chi connectivity index (χ0v) is 13.2. The molecule has 3 rings (SSSR count). The first kappa shape index (κ1) is 15.0. The van der Waals surface area contributed by atoms with Crippen LogP contribution in [0.3, 0.4) is 0 Å². The summed E-state index contributed by atoms with van der Waals surface area (Å²) in [5, 5.41) is 11.0. The number of rotatable bonds is 5. The van der Waals surface area contributed by atoms with Gasteiger partial charge >= 0.3 is 0 Å². The molecule has 0 radical (unpaired) electrons. The Balaban J connectivity index is 1.70. The number of aliphatic hydroxyl groups is 1. The first-order valence-electron chi connectivity index (χ1n) is 8.22. The minimum Gasteiger partial charge on any atom is -0.391 e. The van der Waals surface area contributed by atoms with Gasteiger partial charge in [-0.1, -0.05) is 37.3 Å². The van der Waals surface area contributed by atoms with E-state index in [-0.39, 0.29) is 11.6 Å². The Labute approximate surface area is 127 Å². The zero-order valence-electron chi connectivity index (χ0n) is 13.2. The molecule has 0 bridgehead atoms. The van der Waals surface area contributed by atoms with E-state index in [0.717, 1.165) is 39.1 Å². The predicted octanol–water partition coefficient (Wildman–Crippen LogP) is 2.65. The molecule has 21 heavy (non-hydrogen) atoms. The van der Waals surface area contributed by atoms with E-state index in [4.69, 9.17) is 4.74 Å². The highest BCUT2D eigenvalue weighted by Gasteiger charge is 2.51. The number of morpholine rings is 1. The average molecular weight is 289 g/mol. The highest BCUT2D eigenvalue weighted by Crippen LogP contribution is 2.52. The molecular weight excluding hydrogens is 262 g/mol.